The van der Waals surface area contributed by atoms with Crippen molar-refractivity contribution in [1.82, 2.24) is 14.7 Å². The number of carbonyl (C=O) groups is 1. The van der Waals surface area contributed by atoms with Gasteiger partial charge in [-0.2, -0.15) is 0 Å². The van der Waals surface area contributed by atoms with Gasteiger partial charge in [0.05, 0.1) is 6.04 Å². The summed E-state index contributed by atoms with van der Waals surface area (Å²) in [4.78, 5) is 20.2. The molecule has 2 heterocycles. The average Bonchev–Trinajstić information content (AvgIpc) is 2.96. The number of aromatic hydroxyl groups is 1. The number of likely N-dealkylation sites (tertiary alicyclic amines) is 1. The van der Waals surface area contributed by atoms with Gasteiger partial charge in [-0.05, 0) is 85.7 Å². The highest BCUT2D eigenvalue weighted by Crippen LogP contribution is 2.35. The van der Waals surface area contributed by atoms with E-state index in [1.807, 2.05) is 35.2 Å². The third-order valence-electron chi connectivity index (χ3n) is 8.91. The molecule has 0 spiro atoms. The van der Waals surface area contributed by atoms with Crippen molar-refractivity contribution in [3.05, 3.63) is 101 Å². The number of phenols is 1. The summed E-state index contributed by atoms with van der Waals surface area (Å²) < 4.78 is 13.8. The molecule has 40 heavy (non-hydrogen) atoms. The maximum atomic E-state index is 13.8. The lowest BCUT2D eigenvalue weighted by Gasteiger charge is -2.47. The third-order valence-corrected chi connectivity index (χ3v) is 8.91. The molecule has 2 fully saturated rings. The molecule has 212 valence electrons. The molecule has 3 aromatic rings. The second kappa shape index (κ2) is 12.5. The van der Waals surface area contributed by atoms with Crippen molar-refractivity contribution in [3.8, 4) is 5.75 Å². The van der Waals surface area contributed by atoms with E-state index >= 15 is 0 Å². The van der Waals surface area contributed by atoms with E-state index in [0.717, 1.165) is 67.2 Å². The van der Waals surface area contributed by atoms with Crippen LogP contribution in [-0.4, -0.2) is 64.0 Å². The molecule has 2 saturated heterocycles. The van der Waals surface area contributed by atoms with Crippen molar-refractivity contribution in [2.24, 2.45) is 5.92 Å². The number of nitrogens with zero attached hydrogens (tertiary/aromatic N) is 3. The van der Waals surface area contributed by atoms with Gasteiger partial charge in [-0.15, -0.1) is 0 Å². The second-order valence-electron chi connectivity index (χ2n) is 11.7. The molecule has 2 aliphatic heterocycles. The fourth-order valence-electron chi connectivity index (χ4n) is 6.48. The van der Waals surface area contributed by atoms with Crippen molar-refractivity contribution in [2.75, 3.05) is 26.2 Å². The Hall–Kier alpha value is -3.22. The van der Waals surface area contributed by atoms with E-state index in [0.29, 0.717) is 6.54 Å². The lowest BCUT2D eigenvalue weighted by atomic mass is 9.92. The maximum absolute atomic E-state index is 13.8. The van der Waals surface area contributed by atoms with E-state index in [1.165, 1.54) is 12.5 Å². The van der Waals surface area contributed by atoms with E-state index in [9.17, 15) is 14.3 Å². The Morgan fingerprint density at radius 3 is 2.33 bits per heavy atom. The Morgan fingerprint density at radius 2 is 1.65 bits per heavy atom. The van der Waals surface area contributed by atoms with Gasteiger partial charge in [0, 0.05) is 50.4 Å². The molecule has 1 unspecified atom stereocenters. The molecule has 5 nitrogen and oxygen atoms in total. The van der Waals surface area contributed by atoms with Crippen molar-refractivity contribution < 1.29 is 14.3 Å². The Labute approximate surface area is 238 Å². The summed E-state index contributed by atoms with van der Waals surface area (Å²) in [5, 5.41) is 10.3. The number of halogens is 1. The molecule has 0 aromatic heterocycles. The van der Waals surface area contributed by atoms with Crippen LogP contribution in [0.5, 0.6) is 5.75 Å². The molecule has 2 aliphatic rings. The molecule has 6 heteroatoms. The van der Waals surface area contributed by atoms with Gasteiger partial charge in [-0.1, -0.05) is 49.7 Å². The van der Waals surface area contributed by atoms with Crippen LogP contribution in [0, 0.1) is 11.7 Å². The first-order chi connectivity index (χ1) is 19.3. The van der Waals surface area contributed by atoms with Crippen LogP contribution in [0.2, 0.25) is 0 Å². The fourth-order valence-corrected chi connectivity index (χ4v) is 6.48. The zero-order chi connectivity index (χ0) is 28.2. The molecule has 0 bridgehead atoms. The number of rotatable bonds is 7. The van der Waals surface area contributed by atoms with Crippen LogP contribution < -0.4 is 0 Å². The largest absolute Gasteiger partial charge is 0.508 e. The summed E-state index contributed by atoms with van der Waals surface area (Å²) in [6, 6.07) is 22.9. The van der Waals surface area contributed by atoms with Crippen molar-refractivity contribution in [1.29, 1.82) is 0 Å². The van der Waals surface area contributed by atoms with Gasteiger partial charge in [-0.3, -0.25) is 14.6 Å². The van der Waals surface area contributed by atoms with Crippen LogP contribution in [0.3, 0.4) is 0 Å². The standard InChI is InChI=1S/C34H42FN3O2/c1-4-26-15-17-36(18-16-26)34(40)29-13-11-28(12-14-29)33(30-8-6-10-32(39)20-30)38-22-24(2)37(21-25(38)3)23-27-7-5-9-31(35)19-27/h5-14,19-20,24-26,33,39H,4,15-18,21-23H2,1-3H3/t24-,25+,33?/m1/s1. The van der Waals surface area contributed by atoms with Crippen LogP contribution in [-0.2, 0) is 6.54 Å². The molecule has 3 aromatic carbocycles. The summed E-state index contributed by atoms with van der Waals surface area (Å²) in [6.07, 6.45) is 3.35. The van der Waals surface area contributed by atoms with Crippen LogP contribution >= 0.6 is 0 Å². The summed E-state index contributed by atoms with van der Waals surface area (Å²) in [7, 11) is 0. The minimum Gasteiger partial charge on any atom is -0.508 e. The molecule has 0 saturated carbocycles. The number of piperidine rings is 1. The number of hydrogen-bond donors (Lipinski definition) is 1. The molecule has 0 aliphatic carbocycles. The number of piperazine rings is 1. The lowest BCUT2D eigenvalue weighted by Crippen LogP contribution is -2.56. The van der Waals surface area contributed by atoms with Gasteiger partial charge in [0.25, 0.3) is 5.91 Å². The molecule has 1 amide bonds. The minimum absolute atomic E-state index is 0.0645. The minimum atomic E-state index is -0.201. The zero-order valence-electron chi connectivity index (χ0n) is 24.0. The highest BCUT2D eigenvalue weighted by Gasteiger charge is 2.35. The van der Waals surface area contributed by atoms with Gasteiger partial charge in [-0.25, -0.2) is 4.39 Å². The van der Waals surface area contributed by atoms with E-state index < -0.39 is 0 Å². The summed E-state index contributed by atoms with van der Waals surface area (Å²) in [5.74, 6) is 0.888. The quantitative estimate of drug-likeness (QED) is 0.371. The fraction of sp³-hybridized carbons (Fsp3) is 0.441. The molecular weight excluding hydrogens is 501 g/mol. The van der Waals surface area contributed by atoms with Gasteiger partial charge in [0.1, 0.15) is 11.6 Å². The topological polar surface area (TPSA) is 47.0 Å². The Kier molecular flexibility index (Phi) is 8.87. The van der Waals surface area contributed by atoms with Crippen LogP contribution in [0.1, 0.15) is 73.1 Å². The average molecular weight is 544 g/mol. The normalized spacial score (nSPS) is 21.9. The Morgan fingerprint density at radius 1 is 0.925 bits per heavy atom. The van der Waals surface area contributed by atoms with Gasteiger partial charge in [0.15, 0.2) is 0 Å². The first-order valence-electron chi connectivity index (χ1n) is 14.7. The highest BCUT2D eigenvalue weighted by atomic mass is 19.1. The highest BCUT2D eigenvalue weighted by molar-refractivity contribution is 5.94. The summed E-state index contributed by atoms with van der Waals surface area (Å²) >= 11 is 0. The second-order valence-corrected chi connectivity index (χ2v) is 11.7. The number of carbonyl (C=O) groups excluding carboxylic acids is 1. The van der Waals surface area contributed by atoms with Gasteiger partial charge >= 0.3 is 0 Å². The van der Waals surface area contributed by atoms with E-state index in [4.69, 9.17) is 0 Å². The van der Waals surface area contributed by atoms with Crippen molar-refractivity contribution >= 4 is 5.91 Å². The van der Waals surface area contributed by atoms with Crippen molar-refractivity contribution in [3.63, 3.8) is 0 Å². The Bertz CT molecular complexity index is 1290. The monoisotopic (exact) mass is 543 g/mol. The first kappa shape index (κ1) is 28.3. The predicted octanol–water partition coefficient (Wildman–Crippen LogP) is 6.48. The van der Waals surface area contributed by atoms with Crippen molar-refractivity contribution in [2.45, 2.75) is 64.7 Å². The molecular formula is C34H42FN3O2. The third kappa shape index (κ3) is 6.39. The van der Waals surface area contributed by atoms with E-state index in [2.05, 4.69) is 48.8 Å². The molecule has 3 atom stereocenters. The van der Waals surface area contributed by atoms with Crippen LogP contribution in [0.15, 0.2) is 72.8 Å². The summed E-state index contributed by atoms with van der Waals surface area (Å²) in [6.45, 7) is 10.7. The summed E-state index contributed by atoms with van der Waals surface area (Å²) in [5.41, 5.74) is 3.84. The molecule has 1 N–H and O–H groups in total. The van der Waals surface area contributed by atoms with E-state index in [1.54, 1.807) is 18.2 Å². The Balaban J connectivity index is 1.36. The van der Waals surface area contributed by atoms with Crippen LogP contribution in [0.4, 0.5) is 4.39 Å². The van der Waals surface area contributed by atoms with Crippen LogP contribution in [0.25, 0.3) is 0 Å². The smallest absolute Gasteiger partial charge is 0.253 e. The SMILES string of the molecule is CCC1CCN(C(=O)c2ccc(C(c3cccc(O)c3)N3C[C@@H](C)N(Cc4cccc(F)c4)C[C@@H]3C)cc2)CC1. The number of amides is 1. The predicted molar refractivity (Wildman–Crippen MR) is 158 cm³/mol. The number of hydrogen-bond acceptors (Lipinski definition) is 4. The molecule has 0 radical (unpaired) electrons. The zero-order valence-corrected chi connectivity index (χ0v) is 24.0. The lowest BCUT2D eigenvalue weighted by molar-refractivity contribution is 0.0194. The number of benzene rings is 3. The number of phenolic OH excluding ortho intramolecular Hbond substituents is 1. The van der Waals surface area contributed by atoms with E-state index in [-0.39, 0.29) is 35.6 Å². The van der Waals surface area contributed by atoms with Gasteiger partial charge in [0.2, 0.25) is 0 Å². The maximum Gasteiger partial charge on any atom is 0.253 e. The molecule has 5 rings (SSSR count). The first-order valence-corrected chi connectivity index (χ1v) is 14.7. The van der Waals surface area contributed by atoms with Gasteiger partial charge < -0.3 is 10.0 Å².